The first-order valence-corrected chi connectivity index (χ1v) is 5.70. The summed E-state index contributed by atoms with van der Waals surface area (Å²) in [4.78, 5) is 14.9. The number of imidazole rings is 1. The molecule has 1 aliphatic rings. The molecule has 102 valence electrons. The van der Waals surface area contributed by atoms with E-state index in [2.05, 4.69) is 19.9 Å². The number of nitrogens with one attached hydrogen (secondary N) is 1. The number of anilines is 1. The fourth-order valence-corrected chi connectivity index (χ4v) is 2.03. The van der Waals surface area contributed by atoms with Gasteiger partial charge in [-0.05, 0) is 0 Å². The molecule has 9 nitrogen and oxygen atoms in total. The lowest BCUT2D eigenvalue weighted by molar-refractivity contribution is -0.191. The van der Waals surface area contributed by atoms with E-state index in [-0.39, 0.29) is 18.2 Å². The summed E-state index contributed by atoms with van der Waals surface area (Å²) < 4.78 is 5.26. The highest BCUT2D eigenvalue weighted by Gasteiger charge is 2.40. The lowest BCUT2D eigenvalue weighted by Crippen LogP contribution is -2.49. The number of hydrogen-bond donors (Lipinski definition) is 5. The maximum atomic E-state index is 9.89. The van der Waals surface area contributed by atoms with E-state index in [9.17, 15) is 15.3 Å². The van der Waals surface area contributed by atoms with Gasteiger partial charge in [-0.2, -0.15) is 0 Å². The van der Waals surface area contributed by atoms with E-state index in [4.69, 9.17) is 10.5 Å². The van der Waals surface area contributed by atoms with Gasteiger partial charge < -0.3 is 30.8 Å². The molecule has 9 heteroatoms. The molecule has 0 aromatic carbocycles. The van der Waals surface area contributed by atoms with E-state index in [0.717, 1.165) is 0 Å². The second kappa shape index (κ2) is 4.38. The predicted octanol–water partition coefficient (Wildman–Crippen LogP) is -1.91. The molecule has 0 saturated carbocycles. The zero-order chi connectivity index (χ0) is 13.6. The molecule has 0 radical (unpaired) electrons. The molecule has 0 spiro atoms. The Morgan fingerprint density at radius 3 is 2.84 bits per heavy atom. The average molecular weight is 267 g/mol. The molecule has 6 N–H and O–H groups in total. The maximum absolute atomic E-state index is 9.89. The summed E-state index contributed by atoms with van der Waals surface area (Å²) >= 11 is 0. The number of aromatic nitrogens is 4. The molecular weight excluding hydrogens is 254 g/mol. The van der Waals surface area contributed by atoms with Crippen molar-refractivity contribution in [2.24, 2.45) is 0 Å². The van der Waals surface area contributed by atoms with Crippen LogP contribution in [0.5, 0.6) is 0 Å². The Kier molecular flexibility index (Phi) is 2.82. The van der Waals surface area contributed by atoms with Crippen molar-refractivity contribution < 1.29 is 20.1 Å². The van der Waals surface area contributed by atoms with Crippen molar-refractivity contribution in [1.29, 1.82) is 0 Å². The van der Waals surface area contributed by atoms with Crippen molar-refractivity contribution >= 4 is 17.0 Å². The standard InChI is InChI=1S/C10H13N5O4/c11-8-4-9(13-2-12-4)15-10(14-8)7-6(18)5(17)3(16)1-19-7/h2-3,5-7,16-18H,1H2,(H3,11,12,13,14,15)/t3-,5+,6-,7?/m1/s1. The van der Waals surface area contributed by atoms with Crippen LogP contribution in [-0.4, -0.2) is 60.2 Å². The summed E-state index contributed by atoms with van der Waals surface area (Å²) in [6.45, 7) is -0.120. The number of H-pyrrole nitrogens is 1. The van der Waals surface area contributed by atoms with Gasteiger partial charge in [-0.3, -0.25) is 0 Å². The van der Waals surface area contributed by atoms with Crippen LogP contribution in [-0.2, 0) is 4.74 Å². The van der Waals surface area contributed by atoms with Crippen molar-refractivity contribution in [3.8, 4) is 0 Å². The van der Waals surface area contributed by atoms with Crippen LogP contribution >= 0.6 is 0 Å². The first kappa shape index (κ1) is 12.2. The van der Waals surface area contributed by atoms with Gasteiger partial charge in [-0.15, -0.1) is 0 Å². The highest BCUT2D eigenvalue weighted by atomic mass is 16.5. The van der Waals surface area contributed by atoms with Crippen LogP contribution in [0.2, 0.25) is 0 Å². The Hall–Kier alpha value is -1.81. The Bertz CT molecular complexity index is 603. The van der Waals surface area contributed by atoms with Crippen molar-refractivity contribution in [3.05, 3.63) is 12.2 Å². The van der Waals surface area contributed by atoms with Crippen LogP contribution in [0.1, 0.15) is 11.9 Å². The minimum Gasteiger partial charge on any atom is -0.388 e. The number of ether oxygens (including phenoxy) is 1. The minimum absolute atomic E-state index is 0.120. The van der Waals surface area contributed by atoms with Crippen LogP contribution in [0.3, 0.4) is 0 Å². The molecule has 0 amide bonds. The Morgan fingerprint density at radius 1 is 1.26 bits per heavy atom. The fraction of sp³-hybridized carbons (Fsp3) is 0.500. The van der Waals surface area contributed by atoms with Gasteiger partial charge in [0.25, 0.3) is 0 Å². The molecule has 1 saturated heterocycles. The van der Waals surface area contributed by atoms with E-state index < -0.39 is 24.4 Å². The van der Waals surface area contributed by atoms with Crippen LogP contribution in [0.15, 0.2) is 6.33 Å². The number of nitrogens with zero attached hydrogens (tertiary/aromatic N) is 3. The normalized spacial score (nSPS) is 31.7. The van der Waals surface area contributed by atoms with E-state index >= 15 is 0 Å². The first-order valence-electron chi connectivity index (χ1n) is 5.70. The SMILES string of the molecule is Nc1nc(C2OC[C@@H](O)[C@H](O)[C@H]2O)nc2nc[nH]c12. The van der Waals surface area contributed by atoms with Crippen LogP contribution in [0.4, 0.5) is 5.82 Å². The second-order valence-corrected chi connectivity index (χ2v) is 4.37. The Labute approximate surface area is 107 Å². The summed E-state index contributed by atoms with van der Waals surface area (Å²) in [7, 11) is 0. The van der Waals surface area contributed by atoms with Gasteiger partial charge in [0.1, 0.15) is 29.9 Å². The van der Waals surface area contributed by atoms with Gasteiger partial charge in [0, 0.05) is 0 Å². The number of rotatable bonds is 1. The summed E-state index contributed by atoms with van der Waals surface area (Å²) in [6, 6.07) is 0. The molecule has 3 heterocycles. The second-order valence-electron chi connectivity index (χ2n) is 4.37. The molecule has 0 bridgehead atoms. The molecule has 4 atom stereocenters. The van der Waals surface area contributed by atoms with Gasteiger partial charge in [0.2, 0.25) is 0 Å². The molecule has 3 rings (SSSR count). The zero-order valence-electron chi connectivity index (χ0n) is 9.76. The number of fused-ring (bicyclic) bond motifs is 1. The van der Waals surface area contributed by atoms with Crippen molar-refractivity contribution in [3.63, 3.8) is 0 Å². The summed E-state index contributed by atoms with van der Waals surface area (Å²) in [6.07, 6.45) is -3.33. The van der Waals surface area contributed by atoms with Crippen molar-refractivity contribution in [1.82, 2.24) is 19.9 Å². The molecule has 2 aromatic rings. The van der Waals surface area contributed by atoms with E-state index in [1.54, 1.807) is 0 Å². The molecule has 1 fully saturated rings. The Morgan fingerprint density at radius 2 is 2.05 bits per heavy atom. The highest BCUT2D eigenvalue weighted by molar-refractivity contribution is 5.80. The third-order valence-corrected chi connectivity index (χ3v) is 3.09. The molecular formula is C10H13N5O4. The van der Waals surface area contributed by atoms with Crippen LogP contribution in [0.25, 0.3) is 11.2 Å². The lowest BCUT2D eigenvalue weighted by Gasteiger charge is -2.34. The van der Waals surface area contributed by atoms with E-state index in [1.807, 2.05) is 0 Å². The highest BCUT2D eigenvalue weighted by Crippen LogP contribution is 2.28. The molecule has 0 aliphatic carbocycles. The Balaban J connectivity index is 1.99. The lowest BCUT2D eigenvalue weighted by atomic mass is 9.99. The van der Waals surface area contributed by atoms with Gasteiger partial charge in [-0.1, -0.05) is 0 Å². The molecule has 2 aromatic heterocycles. The maximum Gasteiger partial charge on any atom is 0.183 e. The van der Waals surface area contributed by atoms with Crippen LogP contribution < -0.4 is 5.73 Å². The summed E-state index contributed by atoms with van der Waals surface area (Å²) in [5, 5.41) is 28.9. The molecule has 19 heavy (non-hydrogen) atoms. The van der Waals surface area contributed by atoms with Crippen molar-refractivity contribution in [2.45, 2.75) is 24.4 Å². The fourth-order valence-electron chi connectivity index (χ4n) is 2.03. The number of aliphatic hydroxyl groups excluding tert-OH is 3. The summed E-state index contributed by atoms with van der Waals surface area (Å²) in [5.74, 6) is 0.296. The molecule has 1 aliphatic heterocycles. The minimum atomic E-state index is -1.33. The van der Waals surface area contributed by atoms with Crippen molar-refractivity contribution in [2.75, 3.05) is 12.3 Å². The zero-order valence-corrected chi connectivity index (χ0v) is 9.76. The predicted molar refractivity (Wildman–Crippen MR) is 62.8 cm³/mol. The average Bonchev–Trinajstić information content (AvgIpc) is 2.85. The smallest absolute Gasteiger partial charge is 0.183 e. The topological polar surface area (TPSA) is 150 Å². The van der Waals surface area contributed by atoms with Gasteiger partial charge in [0.05, 0.1) is 12.9 Å². The third-order valence-electron chi connectivity index (χ3n) is 3.09. The van der Waals surface area contributed by atoms with E-state index in [1.165, 1.54) is 6.33 Å². The van der Waals surface area contributed by atoms with Crippen LogP contribution in [0, 0.1) is 0 Å². The van der Waals surface area contributed by atoms with E-state index in [0.29, 0.717) is 11.2 Å². The molecule has 1 unspecified atom stereocenters. The number of hydrogen-bond acceptors (Lipinski definition) is 8. The quantitative estimate of drug-likeness (QED) is 0.401. The first-order chi connectivity index (χ1) is 9.08. The van der Waals surface area contributed by atoms with Gasteiger partial charge in [0.15, 0.2) is 17.3 Å². The third kappa shape index (κ3) is 1.92. The van der Waals surface area contributed by atoms with Gasteiger partial charge in [-0.25, -0.2) is 15.0 Å². The number of nitrogens with two attached hydrogens (primary N) is 1. The number of aliphatic hydroxyl groups is 3. The number of nitrogen functional groups attached to an aromatic ring is 1. The monoisotopic (exact) mass is 267 g/mol. The van der Waals surface area contributed by atoms with Gasteiger partial charge >= 0.3 is 0 Å². The summed E-state index contributed by atoms with van der Waals surface area (Å²) in [5.41, 5.74) is 6.59. The number of aromatic amines is 1. The largest absolute Gasteiger partial charge is 0.388 e.